The van der Waals surface area contributed by atoms with E-state index >= 15 is 0 Å². The van der Waals surface area contributed by atoms with Gasteiger partial charge < -0.3 is 10.5 Å². The van der Waals surface area contributed by atoms with E-state index in [4.69, 9.17) is 15.5 Å². The molecule has 0 spiro atoms. The molecule has 2 aromatic heterocycles. The molecule has 0 aliphatic carbocycles. The molecule has 0 atom stereocenters. The first-order chi connectivity index (χ1) is 15.8. The lowest BCUT2D eigenvalue weighted by atomic mass is 10.2. The number of nitrogens with zero attached hydrogens (tertiary/aromatic N) is 4. The van der Waals surface area contributed by atoms with Gasteiger partial charge in [0.05, 0.1) is 28.2 Å². The molecule has 4 rings (SSSR count). The van der Waals surface area contributed by atoms with Gasteiger partial charge in [0.1, 0.15) is 16.9 Å². The first-order valence-corrected chi connectivity index (χ1v) is 12.1. The van der Waals surface area contributed by atoms with Crippen LogP contribution in [0.5, 0.6) is 0 Å². The second-order valence-electron chi connectivity index (χ2n) is 7.29. The van der Waals surface area contributed by atoms with Gasteiger partial charge in [0.2, 0.25) is 10.0 Å². The highest BCUT2D eigenvalue weighted by Crippen LogP contribution is 2.32. The third kappa shape index (κ3) is 3.81. The monoisotopic (exact) mass is 467 g/mol. The number of carbonyl (C=O) groups is 1. The number of nitrogen functional groups attached to an aromatic ring is 1. The van der Waals surface area contributed by atoms with Gasteiger partial charge in [0.15, 0.2) is 5.65 Å². The minimum Gasteiger partial charge on any atom is -0.462 e. The Labute approximate surface area is 191 Å². The largest absolute Gasteiger partial charge is 0.462 e. The first-order valence-electron chi connectivity index (χ1n) is 10.7. The Balaban J connectivity index is 2.01. The molecule has 0 fully saturated rings. The van der Waals surface area contributed by atoms with Crippen molar-refractivity contribution in [1.29, 1.82) is 0 Å². The highest BCUT2D eigenvalue weighted by Gasteiger charge is 2.27. The van der Waals surface area contributed by atoms with Crippen LogP contribution in [0, 0.1) is 0 Å². The van der Waals surface area contributed by atoms with E-state index in [1.165, 1.54) is 16.4 Å². The molecule has 2 aromatic carbocycles. The van der Waals surface area contributed by atoms with Crippen LogP contribution in [0.15, 0.2) is 53.4 Å². The number of ether oxygens (including phenoxy) is 1. The van der Waals surface area contributed by atoms with E-state index in [2.05, 4.69) is 4.98 Å². The smallest absolute Gasteiger partial charge is 0.344 e. The van der Waals surface area contributed by atoms with Gasteiger partial charge in [-0.1, -0.05) is 32.0 Å². The van der Waals surface area contributed by atoms with Crippen LogP contribution in [0.1, 0.15) is 31.1 Å². The summed E-state index contributed by atoms with van der Waals surface area (Å²) in [6, 6.07) is 13.7. The summed E-state index contributed by atoms with van der Waals surface area (Å²) >= 11 is 0. The maximum Gasteiger partial charge on any atom is 0.344 e. The van der Waals surface area contributed by atoms with Crippen molar-refractivity contribution in [2.75, 3.05) is 25.4 Å². The molecule has 0 radical (unpaired) electrons. The maximum absolute atomic E-state index is 13.1. The van der Waals surface area contributed by atoms with Crippen LogP contribution >= 0.6 is 0 Å². The summed E-state index contributed by atoms with van der Waals surface area (Å²) in [4.78, 5) is 22.2. The van der Waals surface area contributed by atoms with E-state index in [1.54, 1.807) is 49.6 Å². The summed E-state index contributed by atoms with van der Waals surface area (Å²) in [7, 11) is -3.70. The molecule has 0 saturated heterocycles. The molecule has 0 bridgehead atoms. The van der Waals surface area contributed by atoms with Crippen LogP contribution in [0.4, 0.5) is 5.82 Å². The molecule has 0 unspecified atom stereocenters. The number of aromatic nitrogens is 3. The van der Waals surface area contributed by atoms with Crippen LogP contribution in [-0.4, -0.2) is 52.9 Å². The van der Waals surface area contributed by atoms with Gasteiger partial charge >= 0.3 is 5.97 Å². The maximum atomic E-state index is 13.1. The van der Waals surface area contributed by atoms with E-state index in [-0.39, 0.29) is 22.9 Å². The van der Waals surface area contributed by atoms with Crippen molar-refractivity contribution >= 4 is 44.0 Å². The number of benzene rings is 2. The van der Waals surface area contributed by atoms with Gasteiger partial charge in [0, 0.05) is 13.1 Å². The number of nitrogens with two attached hydrogens (primary N) is 1. The number of anilines is 1. The van der Waals surface area contributed by atoms with Gasteiger partial charge in [-0.15, -0.1) is 0 Å². The number of para-hydroxylation sites is 2. The standard InChI is InChI=1S/C23H25N5O4S/c1-4-27(5-2)33(30,31)16-11-9-10-15(14-16)28-21(24)19(23(29)32-6-3)20-22(28)26-18-13-8-7-12-17(18)25-20/h7-14H,4-6,24H2,1-3H3. The molecule has 4 aromatic rings. The van der Waals surface area contributed by atoms with Gasteiger partial charge in [-0.3, -0.25) is 4.57 Å². The van der Waals surface area contributed by atoms with Crippen molar-refractivity contribution in [2.45, 2.75) is 25.7 Å². The highest BCUT2D eigenvalue weighted by atomic mass is 32.2. The lowest BCUT2D eigenvalue weighted by Gasteiger charge is -2.19. The molecule has 0 aliphatic rings. The van der Waals surface area contributed by atoms with E-state index in [1.807, 2.05) is 12.1 Å². The first kappa shape index (κ1) is 22.7. The molecule has 10 heteroatoms. The van der Waals surface area contributed by atoms with Crippen LogP contribution in [0.3, 0.4) is 0 Å². The SMILES string of the molecule is CCOC(=O)c1c(N)n(-c2cccc(S(=O)(=O)N(CC)CC)c2)c2nc3ccccc3nc12. The van der Waals surface area contributed by atoms with Crippen molar-refractivity contribution in [1.82, 2.24) is 18.8 Å². The van der Waals surface area contributed by atoms with Crippen molar-refractivity contribution in [3.8, 4) is 5.69 Å². The molecule has 2 N–H and O–H groups in total. The summed E-state index contributed by atoms with van der Waals surface area (Å²) in [6.45, 7) is 6.15. The summed E-state index contributed by atoms with van der Waals surface area (Å²) in [5.41, 5.74) is 8.84. The van der Waals surface area contributed by atoms with Crippen LogP contribution in [0.2, 0.25) is 0 Å². The number of hydrogen-bond acceptors (Lipinski definition) is 7. The van der Waals surface area contributed by atoms with Crippen LogP contribution < -0.4 is 5.73 Å². The van der Waals surface area contributed by atoms with Crippen molar-refractivity contribution in [2.24, 2.45) is 0 Å². The number of hydrogen-bond donors (Lipinski definition) is 1. The third-order valence-electron chi connectivity index (χ3n) is 5.40. The molecular weight excluding hydrogens is 442 g/mol. The van der Waals surface area contributed by atoms with Gasteiger partial charge in [0.25, 0.3) is 0 Å². The summed E-state index contributed by atoms with van der Waals surface area (Å²) in [6.07, 6.45) is 0. The Kier molecular flexibility index (Phi) is 6.05. The average molecular weight is 468 g/mol. The van der Waals surface area contributed by atoms with Gasteiger partial charge in [-0.05, 0) is 37.3 Å². The Morgan fingerprint density at radius 2 is 1.70 bits per heavy atom. The number of sulfonamides is 1. The number of esters is 1. The lowest BCUT2D eigenvalue weighted by Crippen LogP contribution is -2.30. The molecule has 0 saturated carbocycles. The van der Waals surface area contributed by atoms with Crippen LogP contribution in [0.25, 0.3) is 27.9 Å². The molecule has 2 heterocycles. The molecular formula is C23H25N5O4S. The summed E-state index contributed by atoms with van der Waals surface area (Å²) < 4.78 is 34.3. The van der Waals surface area contributed by atoms with E-state index in [0.29, 0.717) is 41.0 Å². The second-order valence-corrected chi connectivity index (χ2v) is 9.23. The second kappa shape index (κ2) is 8.80. The van der Waals surface area contributed by atoms with Crippen molar-refractivity contribution in [3.05, 3.63) is 54.1 Å². The predicted molar refractivity (Wildman–Crippen MR) is 127 cm³/mol. The topological polar surface area (TPSA) is 120 Å². The molecule has 172 valence electrons. The molecule has 0 amide bonds. The average Bonchev–Trinajstić information content (AvgIpc) is 3.09. The van der Waals surface area contributed by atoms with Crippen molar-refractivity contribution in [3.63, 3.8) is 0 Å². The fourth-order valence-corrected chi connectivity index (χ4v) is 5.32. The minimum atomic E-state index is -3.70. The summed E-state index contributed by atoms with van der Waals surface area (Å²) in [5.74, 6) is -0.536. The van der Waals surface area contributed by atoms with E-state index < -0.39 is 16.0 Å². The zero-order valence-corrected chi connectivity index (χ0v) is 19.5. The fraction of sp³-hybridized carbons (Fsp3) is 0.261. The zero-order chi connectivity index (χ0) is 23.8. The van der Waals surface area contributed by atoms with E-state index in [9.17, 15) is 13.2 Å². The molecule has 33 heavy (non-hydrogen) atoms. The Hall–Kier alpha value is -3.50. The number of rotatable bonds is 7. The number of carbonyl (C=O) groups excluding carboxylic acids is 1. The number of fused-ring (bicyclic) bond motifs is 2. The normalized spacial score (nSPS) is 12.0. The molecule has 9 nitrogen and oxygen atoms in total. The minimum absolute atomic E-state index is 0.0798. The lowest BCUT2D eigenvalue weighted by molar-refractivity contribution is 0.0529. The predicted octanol–water partition coefficient (Wildman–Crippen LogP) is 3.36. The zero-order valence-electron chi connectivity index (χ0n) is 18.6. The summed E-state index contributed by atoms with van der Waals surface area (Å²) in [5, 5.41) is 0. The van der Waals surface area contributed by atoms with E-state index in [0.717, 1.165) is 0 Å². The fourth-order valence-electron chi connectivity index (χ4n) is 3.82. The van der Waals surface area contributed by atoms with Crippen molar-refractivity contribution < 1.29 is 17.9 Å². The van der Waals surface area contributed by atoms with Crippen LogP contribution in [-0.2, 0) is 14.8 Å². The Morgan fingerprint density at radius 1 is 1.03 bits per heavy atom. The van der Waals surface area contributed by atoms with Gasteiger partial charge in [-0.2, -0.15) is 4.31 Å². The Bertz CT molecular complexity index is 1460. The highest BCUT2D eigenvalue weighted by molar-refractivity contribution is 7.89. The molecule has 0 aliphatic heterocycles. The third-order valence-corrected chi connectivity index (χ3v) is 7.44. The van der Waals surface area contributed by atoms with Gasteiger partial charge in [-0.25, -0.2) is 23.2 Å². The quantitative estimate of drug-likeness (QED) is 0.414. The Morgan fingerprint density at radius 3 is 2.33 bits per heavy atom.